The van der Waals surface area contributed by atoms with Crippen molar-refractivity contribution >= 4 is 5.91 Å². The first kappa shape index (κ1) is 11.9. The van der Waals surface area contributed by atoms with E-state index in [9.17, 15) is 4.79 Å². The van der Waals surface area contributed by atoms with Crippen molar-refractivity contribution in [3.8, 4) is 0 Å². The SMILES string of the molecule is CC1(NC(=O)CCC2CCCN2)CCCC1. The van der Waals surface area contributed by atoms with E-state index in [0.29, 0.717) is 12.5 Å². The predicted molar refractivity (Wildman–Crippen MR) is 65.3 cm³/mol. The van der Waals surface area contributed by atoms with Gasteiger partial charge < -0.3 is 10.6 Å². The number of nitrogens with one attached hydrogen (secondary N) is 2. The van der Waals surface area contributed by atoms with Crippen molar-refractivity contribution in [2.45, 2.75) is 69.9 Å². The number of hydrogen-bond acceptors (Lipinski definition) is 2. The van der Waals surface area contributed by atoms with E-state index in [0.717, 1.165) is 25.8 Å². The fourth-order valence-electron chi connectivity index (χ4n) is 2.99. The molecule has 1 aliphatic carbocycles. The largest absolute Gasteiger partial charge is 0.351 e. The molecule has 1 heterocycles. The zero-order chi connectivity index (χ0) is 11.4. The maximum atomic E-state index is 11.8. The molecular formula is C13H24N2O. The fourth-order valence-corrected chi connectivity index (χ4v) is 2.99. The quantitative estimate of drug-likeness (QED) is 0.766. The number of carbonyl (C=O) groups is 1. The molecule has 1 atom stereocenters. The second kappa shape index (κ2) is 5.17. The van der Waals surface area contributed by atoms with Crippen molar-refractivity contribution in [2.75, 3.05) is 6.54 Å². The Morgan fingerprint density at radius 3 is 2.75 bits per heavy atom. The summed E-state index contributed by atoms with van der Waals surface area (Å²) in [6.07, 6.45) is 9.03. The minimum Gasteiger partial charge on any atom is -0.351 e. The average molecular weight is 224 g/mol. The lowest BCUT2D eigenvalue weighted by Gasteiger charge is -2.25. The van der Waals surface area contributed by atoms with Crippen LogP contribution in [0.4, 0.5) is 0 Å². The van der Waals surface area contributed by atoms with Gasteiger partial charge in [-0.2, -0.15) is 0 Å². The van der Waals surface area contributed by atoms with E-state index in [2.05, 4.69) is 17.6 Å². The highest BCUT2D eigenvalue weighted by molar-refractivity contribution is 5.76. The van der Waals surface area contributed by atoms with Gasteiger partial charge in [-0.25, -0.2) is 0 Å². The Kier molecular flexibility index (Phi) is 3.85. The van der Waals surface area contributed by atoms with Crippen LogP contribution < -0.4 is 10.6 Å². The Balaban J connectivity index is 1.67. The second-order valence-corrected chi connectivity index (χ2v) is 5.65. The third-order valence-electron chi connectivity index (χ3n) is 4.03. The Bertz CT molecular complexity index is 240. The third kappa shape index (κ3) is 3.21. The second-order valence-electron chi connectivity index (χ2n) is 5.65. The van der Waals surface area contributed by atoms with Crippen LogP contribution in [0.1, 0.15) is 58.3 Å². The first-order valence-electron chi connectivity index (χ1n) is 6.72. The summed E-state index contributed by atoms with van der Waals surface area (Å²) in [5, 5.41) is 6.65. The van der Waals surface area contributed by atoms with Crippen LogP contribution in [0.2, 0.25) is 0 Å². The van der Waals surface area contributed by atoms with Gasteiger partial charge in [-0.3, -0.25) is 4.79 Å². The van der Waals surface area contributed by atoms with E-state index < -0.39 is 0 Å². The third-order valence-corrected chi connectivity index (χ3v) is 4.03. The lowest BCUT2D eigenvalue weighted by Crippen LogP contribution is -2.43. The van der Waals surface area contributed by atoms with E-state index in [1.165, 1.54) is 25.7 Å². The predicted octanol–water partition coefficient (Wildman–Crippen LogP) is 1.97. The molecule has 3 heteroatoms. The molecule has 16 heavy (non-hydrogen) atoms. The highest BCUT2D eigenvalue weighted by Gasteiger charge is 2.30. The van der Waals surface area contributed by atoms with Gasteiger partial charge in [-0.1, -0.05) is 12.8 Å². The molecule has 0 aromatic carbocycles. The topological polar surface area (TPSA) is 41.1 Å². The van der Waals surface area contributed by atoms with Crippen LogP contribution in [0.15, 0.2) is 0 Å². The molecular weight excluding hydrogens is 200 g/mol. The van der Waals surface area contributed by atoms with E-state index in [4.69, 9.17) is 0 Å². The van der Waals surface area contributed by atoms with Crippen LogP contribution in [-0.4, -0.2) is 24.0 Å². The van der Waals surface area contributed by atoms with Crippen molar-refractivity contribution < 1.29 is 4.79 Å². The average Bonchev–Trinajstić information content (AvgIpc) is 2.86. The molecule has 3 nitrogen and oxygen atoms in total. The van der Waals surface area contributed by atoms with E-state index in [-0.39, 0.29) is 11.4 Å². The van der Waals surface area contributed by atoms with Gasteiger partial charge >= 0.3 is 0 Å². The van der Waals surface area contributed by atoms with Crippen LogP contribution in [-0.2, 0) is 4.79 Å². The van der Waals surface area contributed by atoms with Crippen molar-refractivity contribution in [2.24, 2.45) is 0 Å². The van der Waals surface area contributed by atoms with Crippen LogP contribution >= 0.6 is 0 Å². The van der Waals surface area contributed by atoms with Gasteiger partial charge in [-0.15, -0.1) is 0 Å². The summed E-state index contributed by atoms with van der Waals surface area (Å²) in [6, 6.07) is 0.585. The van der Waals surface area contributed by atoms with Gasteiger partial charge in [0.15, 0.2) is 0 Å². The number of amides is 1. The summed E-state index contributed by atoms with van der Waals surface area (Å²) < 4.78 is 0. The molecule has 92 valence electrons. The van der Waals surface area contributed by atoms with Gasteiger partial charge in [0.05, 0.1) is 0 Å². The Labute approximate surface area is 98.4 Å². The van der Waals surface area contributed by atoms with E-state index in [1.807, 2.05) is 0 Å². The molecule has 0 spiro atoms. The van der Waals surface area contributed by atoms with Crippen LogP contribution in [0.25, 0.3) is 0 Å². The Morgan fingerprint density at radius 2 is 2.12 bits per heavy atom. The summed E-state index contributed by atoms with van der Waals surface area (Å²) in [6.45, 7) is 3.32. The molecule has 1 aliphatic heterocycles. The molecule has 2 rings (SSSR count). The highest BCUT2D eigenvalue weighted by atomic mass is 16.1. The molecule has 1 saturated carbocycles. The van der Waals surface area contributed by atoms with Crippen LogP contribution in [0.5, 0.6) is 0 Å². The minimum atomic E-state index is 0.0974. The monoisotopic (exact) mass is 224 g/mol. The fraction of sp³-hybridized carbons (Fsp3) is 0.923. The van der Waals surface area contributed by atoms with Crippen molar-refractivity contribution in [3.63, 3.8) is 0 Å². The first-order chi connectivity index (χ1) is 7.68. The van der Waals surface area contributed by atoms with Gasteiger partial charge in [0.2, 0.25) is 5.91 Å². The molecule has 0 aromatic heterocycles. The van der Waals surface area contributed by atoms with Crippen molar-refractivity contribution in [1.82, 2.24) is 10.6 Å². The summed E-state index contributed by atoms with van der Waals surface area (Å²) >= 11 is 0. The molecule has 2 N–H and O–H groups in total. The summed E-state index contributed by atoms with van der Waals surface area (Å²) in [5.41, 5.74) is 0.0974. The van der Waals surface area contributed by atoms with E-state index in [1.54, 1.807) is 0 Å². The Morgan fingerprint density at radius 1 is 1.38 bits per heavy atom. The normalized spacial score (nSPS) is 28.2. The molecule has 1 unspecified atom stereocenters. The van der Waals surface area contributed by atoms with E-state index >= 15 is 0 Å². The zero-order valence-corrected chi connectivity index (χ0v) is 10.3. The van der Waals surface area contributed by atoms with Gasteiger partial charge in [-0.05, 0) is 45.6 Å². The number of rotatable bonds is 4. The summed E-state index contributed by atoms with van der Waals surface area (Å²) in [5.74, 6) is 0.248. The summed E-state index contributed by atoms with van der Waals surface area (Å²) in [7, 11) is 0. The lowest BCUT2D eigenvalue weighted by molar-refractivity contribution is -0.123. The first-order valence-corrected chi connectivity index (χ1v) is 6.72. The molecule has 1 amide bonds. The zero-order valence-electron chi connectivity index (χ0n) is 10.3. The molecule has 0 bridgehead atoms. The molecule has 0 aromatic rings. The lowest BCUT2D eigenvalue weighted by atomic mass is 10.00. The smallest absolute Gasteiger partial charge is 0.220 e. The molecule has 2 aliphatic rings. The van der Waals surface area contributed by atoms with Gasteiger partial charge in [0.25, 0.3) is 0 Å². The number of hydrogen-bond donors (Lipinski definition) is 2. The minimum absolute atomic E-state index is 0.0974. The Hall–Kier alpha value is -0.570. The van der Waals surface area contributed by atoms with Gasteiger partial charge in [0, 0.05) is 18.0 Å². The van der Waals surface area contributed by atoms with Crippen LogP contribution in [0.3, 0.4) is 0 Å². The maximum Gasteiger partial charge on any atom is 0.220 e. The van der Waals surface area contributed by atoms with Crippen molar-refractivity contribution in [3.05, 3.63) is 0 Å². The summed E-state index contributed by atoms with van der Waals surface area (Å²) in [4.78, 5) is 11.8. The van der Waals surface area contributed by atoms with Crippen molar-refractivity contribution in [1.29, 1.82) is 0 Å². The standard InChI is InChI=1S/C13H24N2O/c1-13(8-2-3-9-13)15-12(16)7-6-11-5-4-10-14-11/h11,14H,2-10H2,1H3,(H,15,16). The molecule has 0 radical (unpaired) electrons. The maximum absolute atomic E-state index is 11.8. The number of carbonyl (C=O) groups excluding carboxylic acids is 1. The highest BCUT2D eigenvalue weighted by Crippen LogP contribution is 2.28. The molecule has 2 fully saturated rings. The molecule has 1 saturated heterocycles. The van der Waals surface area contributed by atoms with Gasteiger partial charge in [0.1, 0.15) is 0 Å². The van der Waals surface area contributed by atoms with Crippen LogP contribution in [0, 0.1) is 0 Å².